The fourth-order valence-corrected chi connectivity index (χ4v) is 9.47. The molecule has 2 aliphatic rings. The quantitative estimate of drug-likeness (QED) is 0.182. The number of benzene rings is 8. The van der Waals surface area contributed by atoms with E-state index in [0.717, 1.165) is 55.3 Å². The summed E-state index contributed by atoms with van der Waals surface area (Å²) in [6, 6.07) is 66.5. The second-order valence-electron chi connectivity index (χ2n) is 14.6. The molecule has 260 valence electrons. The lowest BCUT2D eigenvalue weighted by atomic mass is 9.70. The molecule has 0 aliphatic heterocycles. The van der Waals surface area contributed by atoms with E-state index >= 15 is 0 Å². The van der Waals surface area contributed by atoms with Crippen molar-refractivity contribution in [3.05, 3.63) is 210 Å². The Bertz CT molecular complexity index is 3170. The van der Waals surface area contributed by atoms with Gasteiger partial charge in [-0.3, -0.25) is 0 Å². The monoisotopic (exact) mass is 713 g/mol. The first-order chi connectivity index (χ1) is 27.8. The van der Waals surface area contributed by atoms with E-state index in [1.54, 1.807) is 0 Å². The van der Waals surface area contributed by atoms with Crippen molar-refractivity contribution in [3.63, 3.8) is 0 Å². The molecule has 4 nitrogen and oxygen atoms in total. The molecule has 1 spiro atoms. The summed E-state index contributed by atoms with van der Waals surface area (Å²) in [6.07, 6.45) is 0. The summed E-state index contributed by atoms with van der Waals surface area (Å²) in [7, 11) is 0. The zero-order valence-electron chi connectivity index (χ0n) is 30.1. The van der Waals surface area contributed by atoms with Crippen LogP contribution >= 0.6 is 0 Å². The van der Waals surface area contributed by atoms with Crippen LogP contribution in [0.5, 0.6) is 0 Å². The van der Waals surface area contributed by atoms with Crippen molar-refractivity contribution in [3.8, 4) is 67.5 Å². The largest absolute Gasteiger partial charge is 0.455 e. The van der Waals surface area contributed by atoms with E-state index in [4.69, 9.17) is 19.4 Å². The molecule has 2 aromatic heterocycles. The summed E-state index contributed by atoms with van der Waals surface area (Å²) in [5, 5.41) is 2.21. The lowest BCUT2D eigenvalue weighted by Crippen LogP contribution is -2.25. The highest BCUT2D eigenvalue weighted by molar-refractivity contribution is 6.09. The Hall–Kier alpha value is -7.43. The molecule has 0 amide bonds. The predicted octanol–water partition coefficient (Wildman–Crippen LogP) is 12.8. The molecular weight excluding hydrogens is 683 g/mol. The summed E-state index contributed by atoms with van der Waals surface area (Å²) in [6.45, 7) is 0. The minimum atomic E-state index is -0.459. The minimum Gasteiger partial charge on any atom is -0.455 e. The van der Waals surface area contributed by atoms with Crippen LogP contribution in [0.25, 0.3) is 89.5 Å². The number of hydrogen-bond donors (Lipinski definition) is 0. The van der Waals surface area contributed by atoms with Crippen molar-refractivity contribution in [1.82, 2.24) is 15.0 Å². The number of nitrogens with zero attached hydrogens (tertiary/aromatic N) is 3. The Labute approximate surface area is 323 Å². The first kappa shape index (κ1) is 31.0. The molecule has 8 aromatic carbocycles. The van der Waals surface area contributed by atoms with E-state index in [9.17, 15) is 0 Å². The standard InChI is InChI=1S/C52H31N3O/c1-2-15-32(16-3-1)49-53-50(34-18-12-17-33(31-34)35-23-13-24-39-38-21-7-11-30-46(38)56-48(35)39)55-51(54-49)41-25-14-29-45-47(41)40-22-6-10-28-44(40)52(45)42-26-8-4-19-36(42)37-20-5-9-27-43(37)52/h1-31H. The van der Waals surface area contributed by atoms with Gasteiger partial charge in [0.2, 0.25) is 0 Å². The number of hydrogen-bond acceptors (Lipinski definition) is 4. The smallest absolute Gasteiger partial charge is 0.164 e. The van der Waals surface area contributed by atoms with E-state index < -0.39 is 5.41 Å². The van der Waals surface area contributed by atoms with Crippen LogP contribution in [0.1, 0.15) is 22.3 Å². The number of fused-ring (bicyclic) bond motifs is 13. The fraction of sp³-hybridized carbons (Fsp3) is 0.0192. The number of furan rings is 1. The Morgan fingerprint density at radius 1 is 0.339 bits per heavy atom. The third kappa shape index (κ3) is 4.27. The SMILES string of the molecule is c1ccc(-c2nc(-c3cccc(-c4cccc5c4oc4ccccc45)c3)nc(-c3cccc4c3-c3ccccc3C43c4ccccc4-c4ccccc43)n2)cc1. The van der Waals surface area contributed by atoms with Crippen LogP contribution in [0.15, 0.2) is 192 Å². The highest BCUT2D eigenvalue weighted by Gasteiger charge is 2.52. The molecule has 56 heavy (non-hydrogen) atoms. The van der Waals surface area contributed by atoms with Crippen molar-refractivity contribution in [2.45, 2.75) is 5.41 Å². The number of aromatic nitrogens is 3. The molecule has 0 fully saturated rings. The molecule has 0 bridgehead atoms. The van der Waals surface area contributed by atoms with E-state index in [1.807, 2.05) is 30.3 Å². The molecule has 0 unspecified atom stereocenters. The van der Waals surface area contributed by atoms with Gasteiger partial charge >= 0.3 is 0 Å². The summed E-state index contributed by atoms with van der Waals surface area (Å²) >= 11 is 0. The van der Waals surface area contributed by atoms with Crippen LogP contribution in [0.4, 0.5) is 0 Å². The molecule has 0 radical (unpaired) electrons. The zero-order chi connectivity index (χ0) is 36.8. The molecule has 10 aromatic rings. The molecule has 2 aliphatic carbocycles. The van der Waals surface area contributed by atoms with Gasteiger partial charge in [-0.15, -0.1) is 0 Å². The highest BCUT2D eigenvalue weighted by atomic mass is 16.3. The second kappa shape index (κ2) is 11.8. The van der Waals surface area contributed by atoms with Crippen LogP contribution < -0.4 is 0 Å². The normalized spacial score (nSPS) is 13.1. The average molecular weight is 714 g/mol. The molecule has 0 N–H and O–H groups in total. The Kier molecular flexibility index (Phi) is 6.52. The number of rotatable bonds is 4. The lowest BCUT2D eigenvalue weighted by molar-refractivity contribution is 0.670. The van der Waals surface area contributed by atoms with Crippen molar-refractivity contribution < 1.29 is 4.42 Å². The van der Waals surface area contributed by atoms with Crippen molar-refractivity contribution >= 4 is 21.9 Å². The predicted molar refractivity (Wildman–Crippen MR) is 225 cm³/mol. The van der Waals surface area contributed by atoms with E-state index in [0.29, 0.717) is 17.5 Å². The zero-order valence-corrected chi connectivity index (χ0v) is 30.1. The summed E-state index contributed by atoms with van der Waals surface area (Å²) in [5.41, 5.74) is 16.2. The van der Waals surface area contributed by atoms with Gasteiger partial charge in [0.25, 0.3) is 0 Å². The maximum Gasteiger partial charge on any atom is 0.164 e. The van der Waals surface area contributed by atoms with Crippen molar-refractivity contribution in [2.24, 2.45) is 0 Å². The van der Waals surface area contributed by atoms with Gasteiger partial charge in [-0.05, 0) is 62.2 Å². The molecule has 4 heteroatoms. The van der Waals surface area contributed by atoms with Gasteiger partial charge in [0.1, 0.15) is 11.2 Å². The van der Waals surface area contributed by atoms with Crippen LogP contribution in [0, 0.1) is 0 Å². The Balaban J connectivity index is 1.09. The molecule has 0 saturated heterocycles. The maximum atomic E-state index is 6.45. The molecular formula is C52H31N3O. The van der Waals surface area contributed by atoms with Crippen LogP contribution in [0.3, 0.4) is 0 Å². The third-order valence-corrected chi connectivity index (χ3v) is 11.8. The Morgan fingerprint density at radius 3 is 1.62 bits per heavy atom. The van der Waals surface area contributed by atoms with Crippen molar-refractivity contribution in [2.75, 3.05) is 0 Å². The minimum absolute atomic E-state index is 0.459. The van der Waals surface area contributed by atoms with Crippen LogP contribution in [-0.4, -0.2) is 15.0 Å². The molecule has 12 rings (SSSR count). The van der Waals surface area contributed by atoms with Crippen LogP contribution in [-0.2, 0) is 5.41 Å². The van der Waals surface area contributed by atoms with Gasteiger partial charge in [0, 0.05) is 33.0 Å². The second-order valence-corrected chi connectivity index (χ2v) is 14.6. The first-order valence-electron chi connectivity index (χ1n) is 19.0. The molecule has 0 atom stereocenters. The number of para-hydroxylation sites is 2. The van der Waals surface area contributed by atoms with Gasteiger partial charge in [-0.2, -0.15) is 0 Å². The van der Waals surface area contributed by atoms with Gasteiger partial charge in [0.05, 0.1) is 5.41 Å². The van der Waals surface area contributed by atoms with Crippen LogP contribution in [0.2, 0.25) is 0 Å². The van der Waals surface area contributed by atoms with Gasteiger partial charge in [-0.25, -0.2) is 15.0 Å². The van der Waals surface area contributed by atoms with Gasteiger partial charge < -0.3 is 4.42 Å². The maximum absolute atomic E-state index is 6.45. The van der Waals surface area contributed by atoms with E-state index in [2.05, 4.69) is 158 Å². The third-order valence-electron chi connectivity index (χ3n) is 11.8. The summed E-state index contributed by atoms with van der Waals surface area (Å²) < 4.78 is 6.45. The highest BCUT2D eigenvalue weighted by Crippen LogP contribution is 2.63. The summed E-state index contributed by atoms with van der Waals surface area (Å²) in [4.78, 5) is 15.8. The lowest BCUT2D eigenvalue weighted by Gasteiger charge is -2.30. The first-order valence-corrected chi connectivity index (χ1v) is 19.0. The van der Waals surface area contributed by atoms with E-state index in [1.165, 1.54) is 38.9 Å². The Morgan fingerprint density at radius 2 is 0.839 bits per heavy atom. The average Bonchev–Trinajstić information content (AvgIpc) is 3.91. The van der Waals surface area contributed by atoms with Crippen molar-refractivity contribution in [1.29, 1.82) is 0 Å². The molecule has 0 saturated carbocycles. The molecule has 2 heterocycles. The van der Waals surface area contributed by atoms with E-state index in [-0.39, 0.29) is 0 Å². The summed E-state index contributed by atoms with van der Waals surface area (Å²) in [5.74, 6) is 1.88. The van der Waals surface area contributed by atoms with Gasteiger partial charge in [0.15, 0.2) is 17.5 Å². The fourth-order valence-electron chi connectivity index (χ4n) is 9.47. The topological polar surface area (TPSA) is 51.8 Å². The van der Waals surface area contributed by atoms with Gasteiger partial charge in [-0.1, -0.05) is 176 Å².